The second kappa shape index (κ2) is 12.8. The third-order valence-electron chi connectivity index (χ3n) is 10.1. The van der Waals surface area contributed by atoms with Crippen LogP contribution in [0, 0.1) is 0 Å². The molecule has 0 bridgehead atoms. The summed E-state index contributed by atoms with van der Waals surface area (Å²) in [5, 5.41) is 0. The van der Waals surface area contributed by atoms with Gasteiger partial charge in [-0.05, 0) is 64.2 Å². The topological polar surface area (TPSA) is 41.9 Å². The highest BCUT2D eigenvalue weighted by atomic mass is 32.2. The zero-order valence-corrected chi connectivity index (χ0v) is 29.0. The Morgan fingerprint density at radius 2 is 0.865 bits per heavy atom. The molecule has 0 saturated carbocycles. The van der Waals surface area contributed by atoms with Crippen LogP contribution in [0.5, 0.6) is 0 Å². The zero-order valence-electron chi connectivity index (χ0n) is 28.2. The summed E-state index contributed by atoms with van der Waals surface area (Å²) in [6.45, 7) is 0. The Labute approximate surface area is 307 Å². The Balaban J connectivity index is 1.09. The molecule has 0 N–H and O–H groups in total. The van der Waals surface area contributed by atoms with Gasteiger partial charge >= 0.3 is 0 Å². The SMILES string of the molecule is c1ccc(-c2nc(-c3ccccc3)nc(-c3cccc(-c4cccc(N5c6ccccc6C6c7ccccc7Sc7ccccc7C65)c4)c3)n2)cc1. The van der Waals surface area contributed by atoms with Gasteiger partial charge in [0.05, 0.1) is 6.04 Å². The highest BCUT2D eigenvalue weighted by Gasteiger charge is 2.44. The molecule has 246 valence electrons. The summed E-state index contributed by atoms with van der Waals surface area (Å²) in [7, 11) is 0. The van der Waals surface area contributed by atoms with E-state index in [4.69, 9.17) is 15.0 Å². The first-order valence-electron chi connectivity index (χ1n) is 17.6. The zero-order chi connectivity index (χ0) is 34.4. The van der Waals surface area contributed by atoms with Crippen molar-refractivity contribution < 1.29 is 0 Å². The third-order valence-corrected chi connectivity index (χ3v) is 11.3. The second-order valence-electron chi connectivity index (χ2n) is 13.2. The van der Waals surface area contributed by atoms with E-state index in [0.29, 0.717) is 17.5 Å². The lowest BCUT2D eigenvalue weighted by Crippen LogP contribution is -2.22. The minimum absolute atomic E-state index is 0.115. The number of para-hydroxylation sites is 1. The van der Waals surface area contributed by atoms with Crippen LogP contribution in [0.4, 0.5) is 11.4 Å². The van der Waals surface area contributed by atoms with Crippen LogP contribution in [0.15, 0.2) is 192 Å². The molecule has 10 rings (SSSR count). The first-order valence-corrected chi connectivity index (χ1v) is 18.4. The first-order chi connectivity index (χ1) is 25.8. The molecule has 0 amide bonds. The van der Waals surface area contributed by atoms with Crippen LogP contribution in [0.1, 0.15) is 28.7 Å². The first kappa shape index (κ1) is 30.5. The molecule has 0 aliphatic carbocycles. The molecule has 3 heterocycles. The molecule has 8 aromatic rings. The fraction of sp³-hybridized carbons (Fsp3) is 0.0426. The minimum atomic E-state index is 0.115. The number of benzene rings is 7. The fourth-order valence-corrected chi connectivity index (χ4v) is 8.92. The fourth-order valence-electron chi connectivity index (χ4n) is 7.77. The van der Waals surface area contributed by atoms with Crippen LogP contribution in [0.25, 0.3) is 45.3 Å². The quantitative estimate of drug-likeness (QED) is 0.180. The molecular weight excluding hydrogens is 653 g/mol. The van der Waals surface area contributed by atoms with Crippen molar-refractivity contribution in [3.05, 3.63) is 199 Å². The number of nitrogens with zero attached hydrogens (tertiary/aromatic N) is 4. The van der Waals surface area contributed by atoms with E-state index in [0.717, 1.165) is 27.8 Å². The lowest BCUT2D eigenvalue weighted by molar-refractivity contribution is 0.644. The summed E-state index contributed by atoms with van der Waals surface area (Å²) >= 11 is 1.89. The van der Waals surface area contributed by atoms with Crippen molar-refractivity contribution in [1.82, 2.24) is 15.0 Å². The second-order valence-corrected chi connectivity index (χ2v) is 14.3. The van der Waals surface area contributed by atoms with Crippen LogP contribution >= 0.6 is 11.8 Å². The Hall–Kier alpha value is -6.30. The summed E-state index contributed by atoms with van der Waals surface area (Å²) in [5.41, 5.74) is 11.6. The van der Waals surface area contributed by atoms with Gasteiger partial charge in [0.1, 0.15) is 0 Å². The van der Waals surface area contributed by atoms with Crippen molar-refractivity contribution in [3.63, 3.8) is 0 Å². The van der Waals surface area contributed by atoms with Gasteiger partial charge in [-0.1, -0.05) is 157 Å². The smallest absolute Gasteiger partial charge is 0.164 e. The average Bonchev–Trinajstić information content (AvgIpc) is 3.49. The van der Waals surface area contributed by atoms with E-state index in [1.165, 1.54) is 37.9 Å². The Bertz CT molecular complexity index is 2530. The molecule has 52 heavy (non-hydrogen) atoms. The molecule has 7 aromatic carbocycles. The van der Waals surface area contributed by atoms with Crippen molar-refractivity contribution in [1.29, 1.82) is 0 Å². The molecule has 0 saturated heterocycles. The van der Waals surface area contributed by atoms with Crippen LogP contribution in [-0.4, -0.2) is 15.0 Å². The van der Waals surface area contributed by atoms with Crippen molar-refractivity contribution in [3.8, 4) is 45.3 Å². The van der Waals surface area contributed by atoms with E-state index in [1.807, 2.05) is 72.4 Å². The molecule has 1 aromatic heterocycles. The predicted molar refractivity (Wildman–Crippen MR) is 212 cm³/mol. The minimum Gasteiger partial charge on any atom is -0.333 e. The van der Waals surface area contributed by atoms with E-state index in [-0.39, 0.29) is 12.0 Å². The van der Waals surface area contributed by atoms with E-state index in [2.05, 4.69) is 126 Å². The molecule has 2 unspecified atom stereocenters. The van der Waals surface area contributed by atoms with Crippen LogP contribution < -0.4 is 4.90 Å². The molecule has 0 spiro atoms. The van der Waals surface area contributed by atoms with E-state index in [9.17, 15) is 0 Å². The molecular formula is C47H32N4S. The van der Waals surface area contributed by atoms with Gasteiger partial charge in [-0.25, -0.2) is 15.0 Å². The highest BCUT2D eigenvalue weighted by molar-refractivity contribution is 7.99. The molecule has 2 atom stereocenters. The van der Waals surface area contributed by atoms with Crippen LogP contribution in [0.3, 0.4) is 0 Å². The number of rotatable bonds is 5. The Morgan fingerprint density at radius 1 is 0.385 bits per heavy atom. The molecule has 4 nitrogen and oxygen atoms in total. The molecule has 2 aliphatic heterocycles. The van der Waals surface area contributed by atoms with Crippen molar-refractivity contribution in [2.45, 2.75) is 21.8 Å². The number of hydrogen-bond donors (Lipinski definition) is 0. The van der Waals surface area contributed by atoms with Gasteiger partial charge in [0, 0.05) is 43.8 Å². The average molecular weight is 685 g/mol. The van der Waals surface area contributed by atoms with Crippen LogP contribution in [-0.2, 0) is 0 Å². The summed E-state index contributed by atoms with van der Waals surface area (Å²) < 4.78 is 0. The number of aromatic nitrogens is 3. The molecule has 5 heteroatoms. The lowest BCUT2D eigenvalue weighted by atomic mass is 9.84. The maximum Gasteiger partial charge on any atom is 0.164 e. The van der Waals surface area contributed by atoms with Gasteiger partial charge in [0.15, 0.2) is 17.5 Å². The maximum atomic E-state index is 5.00. The lowest BCUT2D eigenvalue weighted by Gasteiger charge is -2.31. The number of fused-ring (bicyclic) bond motifs is 7. The summed E-state index contributed by atoms with van der Waals surface area (Å²) in [6.07, 6.45) is 0. The highest BCUT2D eigenvalue weighted by Crippen LogP contribution is 2.60. The van der Waals surface area contributed by atoms with Crippen molar-refractivity contribution in [2.24, 2.45) is 0 Å². The predicted octanol–water partition coefficient (Wildman–Crippen LogP) is 12.0. The van der Waals surface area contributed by atoms with Crippen LogP contribution in [0.2, 0.25) is 0 Å². The summed E-state index contributed by atoms with van der Waals surface area (Å²) in [5.74, 6) is 2.16. The monoisotopic (exact) mass is 684 g/mol. The molecule has 0 fully saturated rings. The van der Waals surface area contributed by atoms with Gasteiger partial charge < -0.3 is 4.90 Å². The van der Waals surface area contributed by atoms with Crippen molar-refractivity contribution >= 4 is 23.1 Å². The maximum absolute atomic E-state index is 5.00. The van der Waals surface area contributed by atoms with Gasteiger partial charge in [0.25, 0.3) is 0 Å². The van der Waals surface area contributed by atoms with E-state index in [1.54, 1.807) is 0 Å². The normalized spacial score (nSPS) is 15.6. The Morgan fingerprint density at radius 3 is 1.56 bits per heavy atom. The Kier molecular flexibility index (Phi) is 7.51. The number of anilines is 2. The van der Waals surface area contributed by atoms with Gasteiger partial charge in [-0.3, -0.25) is 0 Å². The largest absolute Gasteiger partial charge is 0.333 e. The number of hydrogen-bond acceptors (Lipinski definition) is 5. The van der Waals surface area contributed by atoms with E-state index < -0.39 is 0 Å². The third kappa shape index (κ3) is 5.29. The summed E-state index contributed by atoms with van der Waals surface area (Å²) in [6, 6.07) is 64.7. The van der Waals surface area contributed by atoms with Gasteiger partial charge in [-0.2, -0.15) is 0 Å². The standard InChI is InChI=1S/C47H32N4S/c1-3-15-31(16-4-1)45-48-46(32-17-5-2-6-18-32)50-47(49-45)35-21-13-19-33(29-35)34-20-14-22-36(30-34)51-40-26-10-7-23-37(40)43-38-24-8-11-27-41(38)52-42-28-12-9-25-39(42)44(43)51/h1-30,43-44H. The van der Waals surface area contributed by atoms with E-state index >= 15 is 0 Å². The molecule has 2 aliphatic rings. The molecule has 0 radical (unpaired) electrons. The van der Waals surface area contributed by atoms with Gasteiger partial charge in [-0.15, -0.1) is 0 Å². The van der Waals surface area contributed by atoms with Gasteiger partial charge in [0.2, 0.25) is 0 Å². The van der Waals surface area contributed by atoms with Crippen molar-refractivity contribution in [2.75, 3.05) is 4.90 Å². The summed E-state index contributed by atoms with van der Waals surface area (Å²) in [4.78, 5) is 20.1.